The summed E-state index contributed by atoms with van der Waals surface area (Å²) in [6, 6.07) is 6.80. The molecule has 0 saturated carbocycles. The predicted octanol–water partition coefficient (Wildman–Crippen LogP) is 4.10. The van der Waals surface area contributed by atoms with E-state index in [1.807, 2.05) is 6.07 Å². The third kappa shape index (κ3) is 3.21. The Balaban J connectivity index is 0.00000176. The smallest absolute Gasteiger partial charge is 0.123 e. The van der Waals surface area contributed by atoms with Gasteiger partial charge in [-0.1, -0.05) is 20.3 Å². The Morgan fingerprint density at radius 2 is 2.14 bits per heavy atom. The number of methoxy groups -OCH3 is 1. The number of ether oxygens (including phenoxy) is 2. The Bertz CT molecular complexity index is 494. The minimum absolute atomic E-state index is 0. The van der Waals surface area contributed by atoms with Gasteiger partial charge in [0.2, 0.25) is 0 Å². The average molecular weight is 326 g/mol. The molecule has 3 atom stereocenters. The molecular formula is C18H28ClNO2. The van der Waals surface area contributed by atoms with Crippen LogP contribution in [0.4, 0.5) is 0 Å². The Morgan fingerprint density at radius 3 is 2.82 bits per heavy atom. The summed E-state index contributed by atoms with van der Waals surface area (Å²) in [5, 5.41) is 0. The zero-order chi connectivity index (χ0) is 14.8. The van der Waals surface area contributed by atoms with E-state index in [-0.39, 0.29) is 12.4 Å². The van der Waals surface area contributed by atoms with Gasteiger partial charge in [-0.15, -0.1) is 12.4 Å². The van der Waals surface area contributed by atoms with Crippen molar-refractivity contribution in [1.82, 2.24) is 4.90 Å². The maximum Gasteiger partial charge on any atom is 0.123 e. The van der Waals surface area contributed by atoms with Crippen LogP contribution in [-0.2, 0) is 0 Å². The minimum atomic E-state index is 0. The van der Waals surface area contributed by atoms with Crippen LogP contribution in [0.25, 0.3) is 0 Å². The third-order valence-corrected chi connectivity index (χ3v) is 5.13. The van der Waals surface area contributed by atoms with Crippen LogP contribution in [0.15, 0.2) is 18.2 Å². The number of fused-ring (bicyclic) bond motifs is 3. The molecule has 0 amide bonds. The molecule has 0 radical (unpaired) electrons. The highest BCUT2D eigenvalue weighted by Crippen LogP contribution is 2.44. The predicted molar refractivity (Wildman–Crippen MR) is 92.5 cm³/mol. The van der Waals surface area contributed by atoms with Gasteiger partial charge in [-0.25, -0.2) is 0 Å². The van der Waals surface area contributed by atoms with Gasteiger partial charge < -0.3 is 9.47 Å². The fourth-order valence-corrected chi connectivity index (χ4v) is 3.96. The van der Waals surface area contributed by atoms with Gasteiger partial charge in [0, 0.05) is 18.0 Å². The van der Waals surface area contributed by atoms with Crippen molar-refractivity contribution in [3.8, 4) is 11.5 Å². The molecule has 124 valence electrons. The normalized spacial score (nSPS) is 27.1. The third-order valence-electron chi connectivity index (χ3n) is 5.13. The average Bonchev–Trinajstić information content (AvgIpc) is 2.54. The lowest BCUT2D eigenvalue weighted by atomic mass is 9.76. The lowest BCUT2D eigenvalue weighted by Crippen LogP contribution is -2.52. The van der Waals surface area contributed by atoms with Crippen molar-refractivity contribution >= 4 is 12.4 Å². The number of hydrogen-bond acceptors (Lipinski definition) is 3. The number of nitrogens with zero attached hydrogens (tertiary/aromatic N) is 1. The monoisotopic (exact) mass is 325 g/mol. The highest BCUT2D eigenvalue weighted by Gasteiger charge is 2.40. The van der Waals surface area contributed by atoms with Crippen molar-refractivity contribution in [3.05, 3.63) is 23.8 Å². The van der Waals surface area contributed by atoms with Crippen LogP contribution in [0.5, 0.6) is 11.5 Å². The van der Waals surface area contributed by atoms with Crippen molar-refractivity contribution in [2.75, 3.05) is 26.8 Å². The van der Waals surface area contributed by atoms with E-state index < -0.39 is 0 Å². The number of likely N-dealkylation sites (tertiary alicyclic amines) is 1. The first kappa shape index (κ1) is 17.4. The molecule has 1 saturated heterocycles. The fourth-order valence-electron chi connectivity index (χ4n) is 3.96. The van der Waals surface area contributed by atoms with Gasteiger partial charge >= 0.3 is 0 Å². The van der Waals surface area contributed by atoms with Crippen LogP contribution < -0.4 is 9.47 Å². The van der Waals surface area contributed by atoms with Gasteiger partial charge in [-0.2, -0.15) is 0 Å². The number of hydrogen-bond donors (Lipinski definition) is 0. The number of halogens is 1. The molecule has 2 aliphatic rings. The zero-order valence-electron chi connectivity index (χ0n) is 13.9. The van der Waals surface area contributed by atoms with Gasteiger partial charge in [0.05, 0.1) is 13.2 Å². The molecule has 1 aromatic carbocycles. The van der Waals surface area contributed by atoms with E-state index in [0.29, 0.717) is 12.0 Å². The first-order chi connectivity index (χ1) is 10.3. The molecule has 0 unspecified atom stereocenters. The first-order valence-electron chi connectivity index (χ1n) is 8.31. The Morgan fingerprint density at radius 1 is 1.32 bits per heavy atom. The summed E-state index contributed by atoms with van der Waals surface area (Å²) in [6.07, 6.45) is 3.76. The number of rotatable bonds is 4. The molecule has 0 N–H and O–H groups in total. The van der Waals surface area contributed by atoms with Crippen LogP contribution in [0.1, 0.15) is 44.6 Å². The first-order valence-corrected chi connectivity index (χ1v) is 8.31. The second-order valence-electron chi connectivity index (χ2n) is 6.39. The maximum atomic E-state index is 6.04. The summed E-state index contributed by atoms with van der Waals surface area (Å²) < 4.78 is 11.5. The quantitative estimate of drug-likeness (QED) is 0.831. The standard InChI is InChI=1S/C18H27NO2.ClH/c1-4-8-19-11-13(5-2)9-15-16-10-14(20-3)6-7-18(16)21-12-17(15)19;/h6-7,10,13,15,17H,4-5,8-9,11-12H2,1-3H3;1H/t13-,15+,17+;/m1./s1. The van der Waals surface area contributed by atoms with Crippen LogP contribution in [0.3, 0.4) is 0 Å². The molecule has 1 fully saturated rings. The minimum Gasteiger partial charge on any atom is -0.497 e. The highest BCUT2D eigenvalue weighted by molar-refractivity contribution is 5.85. The van der Waals surface area contributed by atoms with Crippen molar-refractivity contribution in [2.24, 2.45) is 5.92 Å². The maximum absolute atomic E-state index is 6.04. The van der Waals surface area contributed by atoms with Gasteiger partial charge in [0.1, 0.15) is 18.1 Å². The Kier molecular flexibility index (Phi) is 5.99. The van der Waals surface area contributed by atoms with Crippen molar-refractivity contribution in [3.63, 3.8) is 0 Å². The van der Waals surface area contributed by atoms with Crippen molar-refractivity contribution < 1.29 is 9.47 Å². The molecular weight excluding hydrogens is 298 g/mol. The van der Waals surface area contributed by atoms with Crippen LogP contribution in [0, 0.1) is 5.92 Å². The summed E-state index contributed by atoms with van der Waals surface area (Å²) in [6.45, 7) is 7.83. The van der Waals surface area contributed by atoms with Crippen LogP contribution in [0.2, 0.25) is 0 Å². The van der Waals surface area contributed by atoms with E-state index in [1.54, 1.807) is 7.11 Å². The van der Waals surface area contributed by atoms with Crippen LogP contribution in [-0.4, -0.2) is 37.7 Å². The molecule has 0 aromatic heterocycles. The zero-order valence-corrected chi connectivity index (χ0v) is 14.7. The molecule has 0 bridgehead atoms. The van der Waals surface area contributed by atoms with Crippen LogP contribution >= 0.6 is 12.4 Å². The molecule has 22 heavy (non-hydrogen) atoms. The van der Waals surface area contributed by atoms with Gasteiger partial charge in [0.25, 0.3) is 0 Å². The van der Waals surface area contributed by atoms with E-state index in [1.165, 1.54) is 37.9 Å². The van der Waals surface area contributed by atoms with E-state index in [2.05, 4.69) is 30.9 Å². The summed E-state index contributed by atoms with van der Waals surface area (Å²) >= 11 is 0. The van der Waals surface area contributed by atoms with Crippen molar-refractivity contribution in [2.45, 2.75) is 45.1 Å². The Labute approximate surface area is 140 Å². The van der Waals surface area contributed by atoms with E-state index >= 15 is 0 Å². The van der Waals surface area contributed by atoms with Gasteiger partial charge in [-0.05, 0) is 43.5 Å². The summed E-state index contributed by atoms with van der Waals surface area (Å²) in [4.78, 5) is 2.66. The summed E-state index contributed by atoms with van der Waals surface area (Å²) in [7, 11) is 1.74. The molecule has 3 nitrogen and oxygen atoms in total. The summed E-state index contributed by atoms with van der Waals surface area (Å²) in [5.41, 5.74) is 1.35. The fraction of sp³-hybridized carbons (Fsp3) is 0.667. The van der Waals surface area contributed by atoms with E-state index in [4.69, 9.17) is 9.47 Å². The SMILES string of the molecule is CCCN1C[C@H](CC)C[C@H]2c3cc(OC)ccc3OC[C@@H]21.Cl. The Hall–Kier alpha value is -0.930. The van der Waals surface area contributed by atoms with E-state index in [0.717, 1.165) is 24.0 Å². The second kappa shape index (κ2) is 7.56. The topological polar surface area (TPSA) is 21.7 Å². The largest absolute Gasteiger partial charge is 0.497 e. The molecule has 4 heteroatoms. The highest BCUT2D eigenvalue weighted by atomic mass is 35.5. The lowest BCUT2D eigenvalue weighted by molar-refractivity contribution is 0.0380. The molecule has 2 heterocycles. The molecule has 3 rings (SSSR count). The number of benzene rings is 1. The van der Waals surface area contributed by atoms with Gasteiger partial charge in [-0.3, -0.25) is 4.90 Å². The molecule has 1 aromatic rings. The molecule has 0 spiro atoms. The van der Waals surface area contributed by atoms with E-state index in [9.17, 15) is 0 Å². The number of piperidine rings is 1. The van der Waals surface area contributed by atoms with Crippen molar-refractivity contribution in [1.29, 1.82) is 0 Å². The molecule has 2 aliphatic heterocycles. The lowest BCUT2D eigenvalue weighted by Gasteiger charge is -2.47. The summed E-state index contributed by atoms with van der Waals surface area (Å²) in [5.74, 6) is 3.40. The second-order valence-corrected chi connectivity index (χ2v) is 6.39. The molecule has 0 aliphatic carbocycles. The van der Waals surface area contributed by atoms with Gasteiger partial charge in [0.15, 0.2) is 0 Å².